The molecule has 0 aliphatic carbocycles. The molecule has 2 rings (SSSR count). The summed E-state index contributed by atoms with van der Waals surface area (Å²) in [4.78, 5) is 0. The Kier molecular flexibility index (Phi) is 4.55. The van der Waals surface area contributed by atoms with Gasteiger partial charge in [0.1, 0.15) is 11.6 Å². The van der Waals surface area contributed by atoms with E-state index in [9.17, 15) is 8.78 Å². The summed E-state index contributed by atoms with van der Waals surface area (Å²) in [6.45, 7) is 0. The first kappa shape index (κ1) is 14.4. The van der Waals surface area contributed by atoms with Crippen molar-refractivity contribution in [3.63, 3.8) is 0 Å². The number of halogens is 4. The predicted molar refractivity (Wildman–Crippen MR) is 76.4 cm³/mol. The summed E-state index contributed by atoms with van der Waals surface area (Å²) in [5.41, 5.74) is 1.18. The van der Waals surface area contributed by atoms with E-state index < -0.39 is 11.6 Å². The van der Waals surface area contributed by atoms with Crippen LogP contribution in [0.15, 0.2) is 40.9 Å². The Balaban J connectivity index is 2.46. The molecule has 0 spiro atoms. The van der Waals surface area contributed by atoms with Crippen molar-refractivity contribution >= 4 is 27.5 Å². The lowest BCUT2D eigenvalue weighted by Crippen LogP contribution is -2.19. The molecule has 0 aliphatic rings. The molecule has 0 heterocycles. The third-order valence-electron chi connectivity index (χ3n) is 2.84. The van der Waals surface area contributed by atoms with Crippen molar-refractivity contribution in [1.82, 2.24) is 5.32 Å². The third kappa shape index (κ3) is 3.14. The molecule has 2 aromatic carbocycles. The molecule has 5 heteroatoms. The van der Waals surface area contributed by atoms with Gasteiger partial charge in [-0.25, -0.2) is 8.78 Å². The normalized spacial score (nSPS) is 12.5. The molecule has 0 aliphatic heterocycles. The zero-order chi connectivity index (χ0) is 14.0. The molecular weight excluding hydrogens is 336 g/mol. The molecule has 0 saturated carbocycles. The molecule has 0 fully saturated rings. The second kappa shape index (κ2) is 5.99. The van der Waals surface area contributed by atoms with Crippen molar-refractivity contribution in [3.8, 4) is 0 Å². The quantitative estimate of drug-likeness (QED) is 0.850. The topological polar surface area (TPSA) is 12.0 Å². The number of benzene rings is 2. The second-order valence-corrected chi connectivity index (χ2v) is 5.32. The summed E-state index contributed by atoms with van der Waals surface area (Å²) in [6, 6.07) is 8.54. The van der Waals surface area contributed by atoms with Gasteiger partial charge in [-0.3, -0.25) is 0 Å². The van der Waals surface area contributed by atoms with Crippen LogP contribution in [0.2, 0.25) is 5.02 Å². The summed E-state index contributed by atoms with van der Waals surface area (Å²) < 4.78 is 27.5. The molecule has 19 heavy (non-hydrogen) atoms. The minimum absolute atomic E-state index is 0.377. The van der Waals surface area contributed by atoms with Crippen LogP contribution < -0.4 is 5.32 Å². The van der Waals surface area contributed by atoms with Crippen LogP contribution in [0.25, 0.3) is 0 Å². The van der Waals surface area contributed by atoms with Gasteiger partial charge in [-0.05, 0) is 46.7 Å². The van der Waals surface area contributed by atoms with Crippen LogP contribution in [-0.2, 0) is 0 Å². The van der Waals surface area contributed by atoms with Gasteiger partial charge in [0.15, 0.2) is 0 Å². The number of hydrogen-bond donors (Lipinski definition) is 1. The molecule has 0 amide bonds. The lowest BCUT2D eigenvalue weighted by atomic mass is 9.98. The Hall–Kier alpha value is -0.970. The monoisotopic (exact) mass is 345 g/mol. The zero-order valence-corrected chi connectivity index (χ0v) is 12.4. The van der Waals surface area contributed by atoms with E-state index in [2.05, 4.69) is 21.2 Å². The fourth-order valence-electron chi connectivity index (χ4n) is 1.93. The van der Waals surface area contributed by atoms with Gasteiger partial charge in [0.25, 0.3) is 0 Å². The van der Waals surface area contributed by atoms with Crippen molar-refractivity contribution in [2.24, 2.45) is 0 Å². The number of nitrogens with one attached hydrogen (secondary N) is 1. The van der Waals surface area contributed by atoms with E-state index >= 15 is 0 Å². The maximum atomic E-state index is 13.8. The first-order valence-corrected chi connectivity index (χ1v) is 6.77. The largest absolute Gasteiger partial charge is 0.309 e. The van der Waals surface area contributed by atoms with E-state index in [0.29, 0.717) is 10.6 Å². The molecule has 100 valence electrons. The number of hydrogen-bond acceptors (Lipinski definition) is 1. The minimum atomic E-state index is -0.593. The van der Waals surface area contributed by atoms with Gasteiger partial charge in [-0.15, -0.1) is 0 Å². The van der Waals surface area contributed by atoms with Crippen LogP contribution >= 0.6 is 27.5 Å². The van der Waals surface area contributed by atoms with E-state index in [-0.39, 0.29) is 6.04 Å². The summed E-state index contributed by atoms with van der Waals surface area (Å²) in [5.74, 6) is -1.18. The molecule has 0 radical (unpaired) electrons. The average Bonchev–Trinajstić information content (AvgIpc) is 2.37. The van der Waals surface area contributed by atoms with Gasteiger partial charge < -0.3 is 5.32 Å². The van der Waals surface area contributed by atoms with Gasteiger partial charge in [0.2, 0.25) is 0 Å². The fraction of sp³-hybridized carbons (Fsp3) is 0.143. The van der Waals surface area contributed by atoms with Gasteiger partial charge in [0.05, 0.1) is 11.1 Å². The Morgan fingerprint density at radius 1 is 1.16 bits per heavy atom. The maximum absolute atomic E-state index is 13.8. The highest BCUT2D eigenvalue weighted by Gasteiger charge is 2.17. The minimum Gasteiger partial charge on any atom is -0.309 e. The van der Waals surface area contributed by atoms with E-state index in [0.717, 1.165) is 16.1 Å². The molecular formula is C14H11BrClF2N. The van der Waals surface area contributed by atoms with Gasteiger partial charge in [-0.2, -0.15) is 0 Å². The highest BCUT2D eigenvalue weighted by molar-refractivity contribution is 9.10. The van der Waals surface area contributed by atoms with Gasteiger partial charge in [0, 0.05) is 16.1 Å². The average molecular weight is 347 g/mol. The predicted octanol–water partition coefficient (Wildman–Crippen LogP) is 4.69. The van der Waals surface area contributed by atoms with Gasteiger partial charge >= 0.3 is 0 Å². The Morgan fingerprint density at radius 3 is 2.47 bits per heavy atom. The lowest BCUT2D eigenvalue weighted by Gasteiger charge is -2.18. The van der Waals surface area contributed by atoms with Gasteiger partial charge in [-0.1, -0.05) is 23.7 Å². The van der Waals surface area contributed by atoms with E-state index in [1.165, 1.54) is 12.1 Å². The van der Waals surface area contributed by atoms with Crippen molar-refractivity contribution in [2.45, 2.75) is 6.04 Å². The Labute approximate surface area is 123 Å². The molecule has 1 unspecified atom stereocenters. The third-order valence-corrected chi connectivity index (χ3v) is 4.07. The summed E-state index contributed by atoms with van der Waals surface area (Å²) >= 11 is 9.34. The SMILES string of the molecule is CNC(c1ccc(Br)c(Cl)c1)c1ccc(F)cc1F. The highest BCUT2D eigenvalue weighted by Crippen LogP contribution is 2.30. The number of rotatable bonds is 3. The standard InChI is InChI=1S/C14H11BrClF2N/c1-19-14(8-2-5-11(15)12(16)6-8)10-4-3-9(17)7-13(10)18/h2-7,14,19H,1H3. The zero-order valence-electron chi connectivity index (χ0n) is 10.1. The first-order valence-electron chi connectivity index (χ1n) is 5.60. The second-order valence-electron chi connectivity index (χ2n) is 4.06. The summed E-state index contributed by atoms with van der Waals surface area (Å²) in [7, 11) is 1.71. The smallest absolute Gasteiger partial charge is 0.131 e. The molecule has 2 aromatic rings. The Morgan fingerprint density at radius 2 is 1.89 bits per heavy atom. The summed E-state index contributed by atoms with van der Waals surface area (Å²) in [5, 5.41) is 3.55. The molecule has 1 atom stereocenters. The van der Waals surface area contributed by atoms with Crippen molar-refractivity contribution in [3.05, 3.63) is 68.7 Å². The Bertz CT molecular complexity index is 604. The van der Waals surface area contributed by atoms with E-state index in [1.807, 2.05) is 6.07 Å². The van der Waals surface area contributed by atoms with Crippen molar-refractivity contribution in [2.75, 3.05) is 7.05 Å². The van der Waals surface area contributed by atoms with Crippen LogP contribution in [0.4, 0.5) is 8.78 Å². The van der Waals surface area contributed by atoms with Crippen molar-refractivity contribution in [1.29, 1.82) is 0 Å². The lowest BCUT2D eigenvalue weighted by molar-refractivity contribution is 0.552. The molecule has 0 saturated heterocycles. The van der Waals surface area contributed by atoms with Crippen LogP contribution in [0.3, 0.4) is 0 Å². The van der Waals surface area contributed by atoms with E-state index in [1.54, 1.807) is 19.2 Å². The molecule has 1 N–H and O–H groups in total. The molecule has 0 bridgehead atoms. The van der Waals surface area contributed by atoms with Crippen LogP contribution in [0, 0.1) is 11.6 Å². The maximum Gasteiger partial charge on any atom is 0.131 e. The van der Waals surface area contributed by atoms with E-state index in [4.69, 9.17) is 11.6 Å². The van der Waals surface area contributed by atoms with Crippen LogP contribution in [0.5, 0.6) is 0 Å². The van der Waals surface area contributed by atoms with Crippen LogP contribution in [0.1, 0.15) is 17.2 Å². The fourth-order valence-corrected chi connectivity index (χ4v) is 2.36. The highest BCUT2D eigenvalue weighted by atomic mass is 79.9. The van der Waals surface area contributed by atoms with Crippen molar-refractivity contribution < 1.29 is 8.78 Å². The molecule has 1 nitrogen and oxygen atoms in total. The first-order chi connectivity index (χ1) is 9.02. The molecule has 0 aromatic heterocycles. The van der Waals surface area contributed by atoms with Crippen LogP contribution in [-0.4, -0.2) is 7.05 Å². The summed E-state index contributed by atoms with van der Waals surface area (Å²) in [6.07, 6.45) is 0.